The summed E-state index contributed by atoms with van der Waals surface area (Å²) in [6, 6.07) is 28.0. The Labute approximate surface area is 152 Å². The van der Waals surface area contributed by atoms with E-state index < -0.39 is 0 Å². The fraction of sp³-hybridized carbons (Fsp3) is 0.120. The van der Waals surface area contributed by atoms with Crippen molar-refractivity contribution in [1.29, 1.82) is 0 Å². The summed E-state index contributed by atoms with van der Waals surface area (Å²) in [5.74, 6) is 0.432. The molecule has 126 valence electrons. The number of hydrogen-bond acceptors (Lipinski definition) is 1. The van der Waals surface area contributed by atoms with E-state index in [2.05, 4.69) is 80.6 Å². The summed E-state index contributed by atoms with van der Waals surface area (Å²) in [4.78, 5) is 0. The van der Waals surface area contributed by atoms with Crippen molar-refractivity contribution < 1.29 is 4.42 Å². The number of rotatable bonds is 2. The molecule has 0 saturated heterocycles. The summed E-state index contributed by atoms with van der Waals surface area (Å²) in [5.41, 5.74) is 5.81. The van der Waals surface area contributed by atoms with Crippen molar-refractivity contribution in [3.8, 4) is 11.1 Å². The van der Waals surface area contributed by atoms with Crippen molar-refractivity contribution in [3.05, 3.63) is 84.4 Å². The lowest BCUT2D eigenvalue weighted by Crippen LogP contribution is -1.93. The number of para-hydroxylation sites is 1. The van der Waals surface area contributed by atoms with Crippen LogP contribution >= 0.6 is 0 Å². The van der Waals surface area contributed by atoms with Crippen molar-refractivity contribution >= 4 is 32.7 Å². The second-order valence-electron chi connectivity index (χ2n) is 7.22. The van der Waals surface area contributed by atoms with E-state index in [0.717, 1.165) is 11.2 Å². The molecule has 0 N–H and O–H groups in total. The summed E-state index contributed by atoms with van der Waals surface area (Å²) >= 11 is 0. The zero-order valence-electron chi connectivity index (χ0n) is 15.0. The molecule has 0 atom stereocenters. The average Bonchev–Trinajstić information content (AvgIpc) is 3.04. The van der Waals surface area contributed by atoms with Crippen LogP contribution in [0.3, 0.4) is 0 Å². The molecular formula is C25H20O. The first-order chi connectivity index (χ1) is 12.7. The lowest BCUT2D eigenvalue weighted by atomic mass is 9.88. The highest BCUT2D eigenvalue weighted by atomic mass is 16.3. The zero-order chi connectivity index (χ0) is 17.7. The Hall–Kier alpha value is -3.06. The summed E-state index contributed by atoms with van der Waals surface area (Å²) in [7, 11) is 0. The minimum atomic E-state index is 0.432. The molecule has 1 heterocycles. The highest BCUT2D eigenvalue weighted by Crippen LogP contribution is 2.39. The molecule has 0 radical (unpaired) electrons. The molecule has 26 heavy (non-hydrogen) atoms. The Morgan fingerprint density at radius 1 is 0.615 bits per heavy atom. The molecule has 0 aliphatic carbocycles. The minimum absolute atomic E-state index is 0.432. The largest absolute Gasteiger partial charge is 0.456 e. The van der Waals surface area contributed by atoms with Crippen molar-refractivity contribution in [3.63, 3.8) is 0 Å². The lowest BCUT2D eigenvalue weighted by Gasteiger charge is -2.15. The van der Waals surface area contributed by atoms with Crippen LogP contribution in [0.25, 0.3) is 43.8 Å². The molecular weight excluding hydrogens is 316 g/mol. The van der Waals surface area contributed by atoms with E-state index in [9.17, 15) is 0 Å². The summed E-state index contributed by atoms with van der Waals surface area (Å²) in [5, 5.41) is 4.94. The highest BCUT2D eigenvalue weighted by Gasteiger charge is 2.16. The van der Waals surface area contributed by atoms with Crippen LogP contribution in [-0.4, -0.2) is 0 Å². The minimum Gasteiger partial charge on any atom is -0.456 e. The van der Waals surface area contributed by atoms with Crippen LogP contribution in [-0.2, 0) is 0 Å². The fourth-order valence-electron chi connectivity index (χ4n) is 3.96. The first-order valence-corrected chi connectivity index (χ1v) is 9.16. The fourth-order valence-corrected chi connectivity index (χ4v) is 3.96. The van der Waals surface area contributed by atoms with Gasteiger partial charge in [-0.25, -0.2) is 0 Å². The van der Waals surface area contributed by atoms with Gasteiger partial charge in [0.05, 0.1) is 0 Å². The number of hydrogen-bond donors (Lipinski definition) is 0. The monoisotopic (exact) mass is 336 g/mol. The predicted molar refractivity (Wildman–Crippen MR) is 111 cm³/mol. The quantitative estimate of drug-likeness (QED) is 0.325. The predicted octanol–water partition coefficient (Wildman–Crippen LogP) is 7.53. The van der Waals surface area contributed by atoms with Crippen molar-refractivity contribution in [2.75, 3.05) is 0 Å². The topological polar surface area (TPSA) is 13.1 Å². The first kappa shape index (κ1) is 15.2. The number of furan rings is 1. The Morgan fingerprint density at radius 2 is 1.35 bits per heavy atom. The third kappa shape index (κ3) is 2.24. The van der Waals surface area contributed by atoms with Gasteiger partial charge < -0.3 is 4.42 Å². The molecule has 1 nitrogen and oxygen atoms in total. The molecule has 0 aliphatic rings. The summed E-state index contributed by atoms with van der Waals surface area (Å²) in [6.07, 6.45) is 0. The van der Waals surface area contributed by atoms with Crippen molar-refractivity contribution in [2.24, 2.45) is 0 Å². The normalized spacial score (nSPS) is 11.8. The standard InChI is InChI=1S/C25H20O/c1-16(2)21-14-23-20-11-5-6-13-24(20)26-25(23)15-22(21)19-12-7-9-17-8-3-4-10-18(17)19/h3-16H,1-2H3. The molecule has 1 heteroatoms. The molecule has 0 spiro atoms. The molecule has 0 aliphatic heterocycles. The molecule has 0 fully saturated rings. The van der Waals surface area contributed by atoms with Crippen LogP contribution in [0.4, 0.5) is 0 Å². The molecule has 0 amide bonds. The average molecular weight is 336 g/mol. The van der Waals surface area contributed by atoms with E-state index in [1.807, 2.05) is 12.1 Å². The highest BCUT2D eigenvalue weighted by molar-refractivity contribution is 6.08. The second kappa shape index (κ2) is 5.74. The van der Waals surface area contributed by atoms with Gasteiger partial charge >= 0.3 is 0 Å². The smallest absolute Gasteiger partial charge is 0.136 e. The van der Waals surface area contributed by atoms with E-state index in [0.29, 0.717) is 5.92 Å². The van der Waals surface area contributed by atoms with Crippen molar-refractivity contribution in [1.82, 2.24) is 0 Å². The molecule has 0 unspecified atom stereocenters. The van der Waals surface area contributed by atoms with Crippen LogP contribution in [0.1, 0.15) is 25.3 Å². The molecule has 0 bridgehead atoms. The third-order valence-electron chi connectivity index (χ3n) is 5.25. The van der Waals surface area contributed by atoms with Gasteiger partial charge in [-0.2, -0.15) is 0 Å². The van der Waals surface area contributed by atoms with Crippen LogP contribution in [0, 0.1) is 0 Å². The van der Waals surface area contributed by atoms with Crippen LogP contribution in [0.2, 0.25) is 0 Å². The second-order valence-corrected chi connectivity index (χ2v) is 7.22. The van der Waals surface area contributed by atoms with E-state index >= 15 is 0 Å². The molecule has 0 saturated carbocycles. The van der Waals surface area contributed by atoms with Gasteiger partial charge in [0, 0.05) is 10.8 Å². The van der Waals surface area contributed by atoms with Gasteiger partial charge in [-0.15, -0.1) is 0 Å². The molecule has 5 rings (SSSR count). The van der Waals surface area contributed by atoms with Gasteiger partial charge in [-0.3, -0.25) is 0 Å². The molecule has 4 aromatic carbocycles. The van der Waals surface area contributed by atoms with Crippen LogP contribution in [0.15, 0.2) is 83.3 Å². The maximum Gasteiger partial charge on any atom is 0.136 e. The lowest BCUT2D eigenvalue weighted by molar-refractivity contribution is 0.669. The zero-order valence-corrected chi connectivity index (χ0v) is 15.0. The van der Waals surface area contributed by atoms with E-state index in [1.54, 1.807) is 0 Å². The maximum absolute atomic E-state index is 6.16. The Morgan fingerprint density at radius 3 is 2.19 bits per heavy atom. The van der Waals surface area contributed by atoms with Gasteiger partial charge in [-0.05, 0) is 51.6 Å². The molecule has 1 aromatic heterocycles. The van der Waals surface area contributed by atoms with Crippen molar-refractivity contribution in [2.45, 2.75) is 19.8 Å². The van der Waals surface area contributed by atoms with Gasteiger partial charge in [0.15, 0.2) is 0 Å². The van der Waals surface area contributed by atoms with E-state index in [-0.39, 0.29) is 0 Å². The number of fused-ring (bicyclic) bond motifs is 4. The summed E-state index contributed by atoms with van der Waals surface area (Å²) in [6.45, 7) is 4.52. The SMILES string of the molecule is CC(C)c1cc2c(cc1-c1cccc3ccccc13)oc1ccccc12. The van der Waals surface area contributed by atoms with E-state index in [4.69, 9.17) is 4.42 Å². The summed E-state index contributed by atoms with van der Waals surface area (Å²) < 4.78 is 6.16. The van der Waals surface area contributed by atoms with E-state index in [1.165, 1.54) is 38.2 Å². The molecule has 5 aromatic rings. The first-order valence-electron chi connectivity index (χ1n) is 9.16. The Bertz CT molecular complexity index is 1250. The maximum atomic E-state index is 6.16. The number of benzene rings is 4. The van der Waals surface area contributed by atoms with Gasteiger partial charge in [-0.1, -0.05) is 74.5 Å². The van der Waals surface area contributed by atoms with Crippen LogP contribution < -0.4 is 0 Å². The Balaban J connectivity index is 1.89. The van der Waals surface area contributed by atoms with Crippen LogP contribution in [0.5, 0.6) is 0 Å². The third-order valence-corrected chi connectivity index (χ3v) is 5.25. The van der Waals surface area contributed by atoms with Gasteiger partial charge in [0.25, 0.3) is 0 Å². The Kier molecular flexibility index (Phi) is 3.36. The van der Waals surface area contributed by atoms with Gasteiger partial charge in [0.1, 0.15) is 11.2 Å². The van der Waals surface area contributed by atoms with Gasteiger partial charge in [0.2, 0.25) is 0 Å².